The lowest BCUT2D eigenvalue weighted by Gasteiger charge is -2.30. The minimum atomic E-state index is -0.505. The van der Waals surface area contributed by atoms with E-state index in [4.69, 9.17) is 4.74 Å². The molecule has 19 heavy (non-hydrogen) atoms. The highest BCUT2D eigenvalue weighted by Crippen LogP contribution is 2.28. The first-order valence-electron chi connectivity index (χ1n) is 6.26. The normalized spacial score (nSPS) is 16.5. The molecule has 1 amide bonds. The Hall–Kier alpha value is -2.23. The van der Waals surface area contributed by atoms with Crippen LogP contribution in [-0.2, 0) is 4.79 Å². The summed E-state index contributed by atoms with van der Waals surface area (Å²) in [4.78, 5) is 14.0. The maximum atomic E-state index is 12.4. The predicted octanol–water partition coefficient (Wildman–Crippen LogP) is 2.06. The molecule has 0 aliphatic carbocycles. The Morgan fingerprint density at radius 3 is 2.74 bits per heavy atom. The van der Waals surface area contributed by atoms with Gasteiger partial charge in [0.05, 0.1) is 12.2 Å². The molecule has 1 atom stereocenters. The molecule has 0 bridgehead atoms. The number of para-hydroxylation sites is 2. The van der Waals surface area contributed by atoms with E-state index in [0.717, 1.165) is 5.69 Å². The van der Waals surface area contributed by atoms with E-state index in [0.29, 0.717) is 25.4 Å². The van der Waals surface area contributed by atoms with Gasteiger partial charge < -0.3 is 15.0 Å². The smallest absolute Gasteiger partial charge is 0.266 e. The van der Waals surface area contributed by atoms with Crippen molar-refractivity contribution in [1.29, 1.82) is 0 Å². The van der Waals surface area contributed by atoms with E-state index in [2.05, 4.69) is 18.5 Å². The van der Waals surface area contributed by atoms with Crippen LogP contribution in [0.3, 0.4) is 0 Å². The summed E-state index contributed by atoms with van der Waals surface area (Å²) in [5.41, 5.74) is 0.922. The highest BCUT2D eigenvalue weighted by molar-refractivity contribution is 5.83. The number of nitrogens with zero attached hydrogens (tertiary/aromatic N) is 1. The lowest BCUT2D eigenvalue weighted by atomic mass is 10.2. The van der Waals surface area contributed by atoms with Gasteiger partial charge in [0.15, 0.2) is 6.10 Å². The topological polar surface area (TPSA) is 41.6 Å². The molecule has 4 heteroatoms. The average molecular weight is 258 g/mol. The average Bonchev–Trinajstić information content (AvgIpc) is 2.46. The zero-order valence-corrected chi connectivity index (χ0v) is 10.8. The van der Waals surface area contributed by atoms with Gasteiger partial charge in [0.2, 0.25) is 0 Å². The maximum Gasteiger partial charge on any atom is 0.266 e. The first kappa shape index (κ1) is 13.2. The monoisotopic (exact) mass is 258 g/mol. The van der Waals surface area contributed by atoms with Crippen molar-refractivity contribution in [2.75, 3.05) is 25.0 Å². The van der Waals surface area contributed by atoms with Crippen LogP contribution < -0.4 is 10.1 Å². The van der Waals surface area contributed by atoms with Crippen molar-refractivity contribution < 1.29 is 9.53 Å². The summed E-state index contributed by atoms with van der Waals surface area (Å²) in [6.45, 7) is 8.78. The number of benzene rings is 1. The minimum Gasteiger partial charge on any atom is -0.477 e. The van der Waals surface area contributed by atoms with Gasteiger partial charge in [0.1, 0.15) is 5.75 Å². The molecule has 4 nitrogen and oxygen atoms in total. The van der Waals surface area contributed by atoms with Crippen LogP contribution in [0.4, 0.5) is 5.69 Å². The van der Waals surface area contributed by atoms with E-state index in [1.54, 1.807) is 17.1 Å². The van der Waals surface area contributed by atoms with Crippen LogP contribution >= 0.6 is 0 Å². The summed E-state index contributed by atoms with van der Waals surface area (Å²) < 4.78 is 5.75. The predicted molar refractivity (Wildman–Crippen MR) is 76.3 cm³/mol. The number of ether oxygens (including phenoxy) is 1. The third-order valence-corrected chi connectivity index (χ3v) is 2.92. The molecule has 1 aliphatic heterocycles. The number of carbonyl (C=O) groups excluding carboxylic acids is 1. The summed E-state index contributed by atoms with van der Waals surface area (Å²) in [6.07, 6.45) is 2.90. The van der Waals surface area contributed by atoms with Crippen LogP contribution in [0.5, 0.6) is 5.75 Å². The Morgan fingerprint density at radius 2 is 2.05 bits per heavy atom. The number of nitrogens with one attached hydrogen (secondary N) is 1. The molecule has 0 radical (unpaired) electrons. The summed E-state index contributed by atoms with van der Waals surface area (Å²) >= 11 is 0. The highest BCUT2D eigenvalue weighted by atomic mass is 16.5. The summed E-state index contributed by atoms with van der Waals surface area (Å²) in [5, 5.41) is 3.21. The van der Waals surface area contributed by atoms with E-state index in [1.165, 1.54) is 0 Å². The van der Waals surface area contributed by atoms with Crippen LogP contribution in [0.1, 0.15) is 0 Å². The van der Waals surface area contributed by atoms with E-state index < -0.39 is 6.10 Å². The molecule has 0 aromatic heterocycles. The second-order valence-corrected chi connectivity index (χ2v) is 4.30. The molecule has 1 N–H and O–H groups in total. The number of amides is 1. The second-order valence-electron chi connectivity index (χ2n) is 4.30. The minimum absolute atomic E-state index is 0.0539. The van der Waals surface area contributed by atoms with Crippen LogP contribution in [0, 0.1) is 0 Å². The molecule has 1 aromatic carbocycles. The Kier molecular flexibility index (Phi) is 4.23. The lowest BCUT2D eigenvalue weighted by molar-refractivity contribution is -0.137. The molecule has 1 aromatic rings. The molecule has 2 rings (SSSR count). The fraction of sp³-hybridized carbons (Fsp3) is 0.267. The third kappa shape index (κ3) is 2.96. The van der Waals surface area contributed by atoms with Crippen molar-refractivity contribution >= 4 is 11.6 Å². The van der Waals surface area contributed by atoms with Crippen molar-refractivity contribution in [2.24, 2.45) is 0 Å². The van der Waals surface area contributed by atoms with Gasteiger partial charge in [-0.25, -0.2) is 0 Å². The maximum absolute atomic E-state index is 12.4. The molecule has 0 saturated heterocycles. The molecule has 0 fully saturated rings. The Morgan fingerprint density at radius 1 is 1.37 bits per heavy atom. The SMILES string of the molecule is C=CCN(CC=C)C(=O)C1CNc2ccccc2O1. The summed E-state index contributed by atoms with van der Waals surface area (Å²) in [7, 11) is 0. The Balaban J connectivity index is 2.08. The van der Waals surface area contributed by atoms with Crippen molar-refractivity contribution in [3.8, 4) is 5.75 Å². The van der Waals surface area contributed by atoms with Crippen LogP contribution in [0.2, 0.25) is 0 Å². The molecular formula is C15H18N2O2. The number of hydrogen-bond donors (Lipinski definition) is 1. The van der Waals surface area contributed by atoms with Gasteiger partial charge in [-0.2, -0.15) is 0 Å². The van der Waals surface area contributed by atoms with Gasteiger partial charge in [0, 0.05) is 13.1 Å². The molecule has 0 saturated carbocycles. The standard InChI is InChI=1S/C15H18N2O2/c1-3-9-17(10-4-2)15(18)14-11-16-12-7-5-6-8-13(12)19-14/h3-8,14,16H,1-2,9-11H2. The van der Waals surface area contributed by atoms with Crippen molar-refractivity contribution in [2.45, 2.75) is 6.10 Å². The number of anilines is 1. The molecule has 0 spiro atoms. The number of fused-ring (bicyclic) bond motifs is 1. The van der Waals surface area contributed by atoms with Gasteiger partial charge in [-0.3, -0.25) is 4.79 Å². The van der Waals surface area contributed by atoms with Crippen LogP contribution in [-0.4, -0.2) is 36.5 Å². The van der Waals surface area contributed by atoms with Crippen molar-refractivity contribution in [3.05, 3.63) is 49.6 Å². The van der Waals surface area contributed by atoms with E-state index in [-0.39, 0.29) is 5.91 Å². The van der Waals surface area contributed by atoms with Crippen molar-refractivity contribution in [1.82, 2.24) is 4.90 Å². The zero-order chi connectivity index (χ0) is 13.7. The van der Waals surface area contributed by atoms with Crippen LogP contribution in [0.25, 0.3) is 0 Å². The van der Waals surface area contributed by atoms with E-state index in [1.807, 2.05) is 24.3 Å². The molecule has 1 aliphatic rings. The molecular weight excluding hydrogens is 240 g/mol. The molecule has 1 unspecified atom stereocenters. The zero-order valence-electron chi connectivity index (χ0n) is 10.8. The Labute approximate surface area is 113 Å². The first-order chi connectivity index (χ1) is 9.26. The quantitative estimate of drug-likeness (QED) is 0.822. The van der Waals surface area contributed by atoms with E-state index >= 15 is 0 Å². The van der Waals surface area contributed by atoms with Crippen LogP contribution in [0.15, 0.2) is 49.6 Å². The van der Waals surface area contributed by atoms with Gasteiger partial charge in [-0.05, 0) is 12.1 Å². The first-order valence-corrected chi connectivity index (χ1v) is 6.26. The number of carbonyl (C=O) groups is 1. The highest BCUT2D eigenvalue weighted by Gasteiger charge is 2.28. The Bertz CT molecular complexity index is 475. The lowest BCUT2D eigenvalue weighted by Crippen LogP contribution is -2.47. The fourth-order valence-corrected chi connectivity index (χ4v) is 2.02. The van der Waals surface area contributed by atoms with Crippen molar-refractivity contribution in [3.63, 3.8) is 0 Å². The summed E-state index contributed by atoms with van der Waals surface area (Å²) in [5.74, 6) is 0.658. The fourth-order valence-electron chi connectivity index (χ4n) is 2.02. The van der Waals surface area contributed by atoms with Gasteiger partial charge in [0.25, 0.3) is 5.91 Å². The summed E-state index contributed by atoms with van der Waals surface area (Å²) in [6, 6.07) is 7.60. The van der Waals surface area contributed by atoms with Gasteiger partial charge in [-0.15, -0.1) is 13.2 Å². The largest absolute Gasteiger partial charge is 0.477 e. The molecule has 1 heterocycles. The van der Waals surface area contributed by atoms with E-state index in [9.17, 15) is 4.79 Å². The molecule has 100 valence electrons. The number of rotatable bonds is 5. The van der Waals surface area contributed by atoms with Gasteiger partial charge in [-0.1, -0.05) is 24.3 Å². The second kappa shape index (κ2) is 6.09. The van der Waals surface area contributed by atoms with Gasteiger partial charge >= 0.3 is 0 Å². The number of hydrogen-bond acceptors (Lipinski definition) is 3. The third-order valence-electron chi connectivity index (χ3n) is 2.92.